The predicted octanol–water partition coefficient (Wildman–Crippen LogP) is 0.996. The van der Waals surface area contributed by atoms with Crippen LogP contribution in [0.2, 0.25) is 0 Å². The summed E-state index contributed by atoms with van der Waals surface area (Å²) in [7, 11) is 0. The number of carbonyl (C=O) groups is 2. The molecule has 0 fully saturated rings. The van der Waals surface area contributed by atoms with E-state index in [9.17, 15) is 9.59 Å². The standard InChI is InChI=1S/C5H9NO2S/c1-3-9-5(8)6-4(2)7/h3H2,1-2H3,(H,6,7,8). The van der Waals surface area contributed by atoms with Crippen molar-refractivity contribution < 1.29 is 9.59 Å². The maximum atomic E-state index is 10.5. The van der Waals surface area contributed by atoms with Crippen LogP contribution in [-0.2, 0) is 4.79 Å². The van der Waals surface area contributed by atoms with Gasteiger partial charge in [-0.1, -0.05) is 18.7 Å². The molecule has 0 atom stereocenters. The molecule has 52 valence electrons. The lowest BCUT2D eigenvalue weighted by Crippen LogP contribution is -2.23. The molecule has 0 aromatic heterocycles. The molecule has 0 aliphatic rings. The molecule has 0 saturated carbocycles. The van der Waals surface area contributed by atoms with Gasteiger partial charge in [-0.2, -0.15) is 0 Å². The Morgan fingerprint density at radius 2 is 2.11 bits per heavy atom. The average molecular weight is 147 g/mol. The number of rotatable bonds is 1. The zero-order valence-electron chi connectivity index (χ0n) is 5.43. The summed E-state index contributed by atoms with van der Waals surface area (Å²) in [6.07, 6.45) is 0. The van der Waals surface area contributed by atoms with Crippen LogP contribution in [0, 0.1) is 0 Å². The van der Waals surface area contributed by atoms with Crippen molar-refractivity contribution in [3.05, 3.63) is 0 Å². The second-order valence-corrected chi connectivity index (χ2v) is 2.64. The van der Waals surface area contributed by atoms with Gasteiger partial charge in [0.15, 0.2) is 0 Å². The molecule has 4 heteroatoms. The predicted molar refractivity (Wildman–Crippen MR) is 37.3 cm³/mol. The van der Waals surface area contributed by atoms with E-state index in [0.29, 0.717) is 5.75 Å². The average Bonchev–Trinajstić information content (AvgIpc) is 1.63. The highest BCUT2D eigenvalue weighted by Crippen LogP contribution is 1.97. The van der Waals surface area contributed by atoms with E-state index < -0.39 is 0 Å². The zero-order chi connectivity index (χ0) is 7.28. The minimum absolute atomic E-state index is 0.273. The maximum Gasteiger partial charge on any atom is 0.285 e. The minimum Gasteiger partial charge on any atom is -0.287 e. The van der Waals surface area contributed by atoms with Crippen molar-refractivity contribution in [2.24, 2.45) is 0 Å². The lowest BCUT2D eigenvalue weighted by Gasteiger charge is -1.94. The fourth-order valence-corrected chi connectivity index (χ4v) is 0.789. The summed E-state index contributed by atoms with van der Waals surface area (Å²) in [5.74, 6) is 0.389. The van der Waals surface area contributed by atoms with Crippen molar-refractivity contribution in [1.82, 2.24) is 5.32 Å². The summed E-state index contributed by atoms with van der Waals surface area (Å²) >= 11 is 1.09. The monoisotopic (exact) mass is 147 g/mol. The lowest BCUT2D eigenvalue weighted by atomic mass is 10.7. The summed E-state index contributed by atoms with van der Waals surface area (Å²) in [6.45, 7) is 3.17. The van der Waals surface area contributed by atoms with Gasteiger partial charge in [-0.15, -0.1) is 0 Å². The van der Waals surface area contributed by atoms with Crippen molar-refractivity contribution >= 4 is 22.9 Å². The van der Waals surface area contributed by atoms with E-state index in [0.717, 1.165) is 11.8 Å². The SMILES string of the molecule is CCSC(=O)NC(C)=O. The van der Waals surface area contributed by atoms with Crippen molar-refractivity contribution in [3.63, 3.8) is 0 Å². The van der Waals surface area contributed by atoms with Crippen LogP contribution in [0.4, 0.5) is 4.79 Å². The highest BCUT2D eigenvalue weighted by Gasteiger charge is 1.99. The van der Waals surface area contributed by atoms with Crippen LogP contribution >= 0.6 is 11.8 Å². The Bertz CT molecular complexity index is 124. The number of nitrogens with one attached hydrogen (secondary N) is 1. The lowest BCUT2D eigenvalue weighted by molar-refractivity contribution is -0.117. The Kier molecular flexibility index (Phi) is 4.13. The van der Waals surface area contributed by atoms with E-state index in [1.54, 1.807) is 0 Å². The second-order valence-electron chi connectivity index (χ2n) is 1.40. The fourth-order valence-electron chi connectivity index (χ4n) is 0.311. The molecular weight excluding hydrogens is 138 g/mol. The van der Waals surface area contributed by atoms with E-state index in [4.69, 9.17) is 0 Å². The van der Waals surface area contributed by atoms with E-state index in [2.05, 4.69) is 5.32 Å². The number of thioether (sulfide) groups is 1. The molecule has 0 saturated heterocycles. The first-order valence-electron chi connectivity index (χ1n) is 2.61. The Balaban J connectivity index is 3.39. The third-order valence-electron chi connectivity index (χ3n) is 0.554. The van der Waals surface area contributed by atoms with Crippen LogP contribution in [-0.4, -0.2) is 16.9 Å². The van der Waals surface area contributed by atoms with Gasteiger partial charge in [0, 0.05) is 6.92 Å². The van der Waals surface area contributed by atoms with E-state index in [-0.39, 0.29) is 11.1 Å². The Morgan fingerprint density at radius 1 is 1.56 bits per heavy atom. The van der Waals surface area contributed by atoms with E-state index >= 15 is 0 Å². The van der Waals surface area contributed by atoms with Gasteiger partial charge in [0.25, 0.3) is 5.24 Å². The summed E-state index contributed by atoms with van der Waals surface area (Å²) in [5.41, 5.74) is 0. The van der Waals surface area contributed by atoms with Crippen LogP contribution in [0.1, 0.15) is 13.8 Å². The first kappa shape index (κ1) is 8.49. The number of hydrogen-bond donors (Lipinski definition) is 1. The first-order chi connectivity index (χ1) is 4.16. The molecule has 0 radical (unpaired) electrons. The highest BCUT2D eigenvalue weighted by atomic mass is 32.2. The van der Waals surface area contributed by atoms with Crippen LogP contribution in [0.3, 0.4) is 0 Å². The molecule has 0 unspecified atom stereocenters. The van der Waals surface area contributed by atoms with Gasteiger partial charge in [-0.25, -0.2) is 0 Å². The van der Waals surface area contributed by atoms with Crippen molar-refractivity contribution in [2.45, 2.75) is 13.8 Å². The molecule has 0 aliphatic carbocycles. The molecule has 9 heavy (non-hydrogen) atoms. The van der Waals surface area contributed by atoms with E-state index in [1.807, 2.05) is 6.92 Å². The minimum atomic E-state index is -0.305. The Morgan fingerprint density at radius 3 is 2.44 bits per heavy atom. The quantitative estimate of drug-likeness (QED) is 0.601. The van der Waals surface area contributed by atoms with Gasteiger partial charge < -0.3 is 0 Å². The number of carbonyl (C=O) groups excluding carboxylic acids is 2. The van der Waals surface area contributed by atoms with E-state index in [1.165, 1.54) is 6.92 Å². The molecule has 2 amide bonds. The Labute approximate surface area is 58.2 Å². The molecule has 1 N–H and O–H groups in total. The van der Waals surface area contributed by atoms with Crippen molar-refractivity contribution in [2.75, 3.05) is 5.75 Å². The molecule has 0 aromatic carbocycles. The number of imide groups is 1. The molecule has 0 spiro atoms. The fraction of sp³-hybridized carbons (Fsp3) is 0.600. The molecule has 0 rings (SSSR count). The van der Waals surface area contributed by atoms with Crippen LogP contribution in [0.15, 0.2) is 0 Å². The third-order valence-corrected chi connectivity index (χ3v) is 1.21. The molecule has 0 bridgehead atoms. The van der Waals surface area contributed by atoms with Gasteiger partial charge in [0.2, 0.25) is 5.91 Å². The topological polar surface area (TPSA) is 46.2 Å². The summed E-state index contributed by atoms with van der Waals surface area (Å²) in [5, 5.41) is 1.86. The number of hydrogen-bond acceptors (Lipinski definition) is 3. The zero-order valence-corrected chi connectivity index (χ0v) is 6.25. The van der Waals surface area contributed by atoms with Gasteiger partial charge in [-0.3, -0.25) is 14.9 Å². The van der Waals surface area contributed by atoms with Crippen LogP contribution < -0.4 is 5.32 Å². The first-order valence-corrected chi connectivity index (χ1v) is 3.59. The smallest absolute Gasteiger partial charge is 0.285 e. The summed E-state index contributed by atoms with van der Waals surface area (Å²) in [6, 6.07) is 0. The summed E-state index contributed by atoms with van der Waals surface area (Å²) < 4.78 is 0. The third kappa shape index (κ3) is 5.36. The maximum absolute atomic E-state index is 10.5. The van der Waals surface area contributed by atoms with Gasteiger partial charge in [0.1, 0.15) is 0 Å². The second kappa shape index (κ2) is 4.38. The van der Waals surface area contributed by atoms with Crippen molar-refractivity contribution in [1.29, 1.82) is 0 Å². The molecule has 0 aliphatic heterocycles. The van der Waals surface area contributed by atoms with Gasteiger partial charge in [0.05, 0.1) is 0 Å². The molecule has 3 nitrogen and oxygen atoms in total. The summed E-state index contributed by atoms with van der Waals surface area (Å²) in [4.78, 5) is 20.7. The number of amides is 2. The largest absolute Gasteiger partial charge is 0.287 e. The molecular formula is C5H9NO2S. The van der Waals surface area contributed by atoms with Crippen molar-refractivity contribution in [3.8, 4) is 0 Å². The van der Waals surface area contributed by atoms with Crippen LogP contribution in [0.5, 0.6) is 0 Å². The molecule has 0 aromatic rings. The van der Waals surface area contributed by atoms with Gasteiger partial charge >= 0.3 is 0 Å². The Hall–Kier alpha value is -0.510. The van der Waals surface area contributed by atoms with Gasteiger partial charge in [-0.05, 0) is 5.75 Å². The normalized spacial score (nSPS) is 8.67. The molecule has 0 heterocycles. The highest BCUT2D eigenvalue weighted by molar-refractivity contribution is 8.13. The van der Waals surface area contributed by atoms with Crippen LogP contribution in [0.25, 0.3) is 0 Å².